The highest BCUT2D eigenvalue weighted by Crippen LogP contribution is 2.25. The molecule has 134 valence electrons. The third kappa shape index (κ3) is 3.97. The van der Waals surface area contributed by atoms with Gasteiger partial charge < -0.3 is 10.1 Å². The van der Waals surface area contributed by atoms with E-state index in [0.29, 0.717) is 0 Å². The number of benzene rings is 2. The van der Waals surface area contributed by atoms with E-state index in [1.807, 2.05) is 0 Å². The maximum absolute atomic E-state index is 13.8. The van der Waals surface area contributed by atoms with Crippen molar-refractivity contribution in [2.45, 2.75) is 11.4 Å². The second-order valence-corrected chi connectivity index (χ2v) is 7.34. The molecule has 0 aliphatic heterocycles. The van der Waals surface area contributed by atoms with Crippen molar-refractivity contribution in [2.75, 3.05) is 21.2 Å². The molecule has 0 saturated heterocycles. The SMILES string of the molecule is CNC(=O)c1cc(S(=O)(=O)N(C)Cc2ccccc2F)ccc1OC. The molecule has 0 spiro atoms. The van der Waals surface area contributed by atoms with E-state index in [1.54, 1.807) is 6.07 Å². The van der Waals surface area contributed by atoms with Crippen LogP contribution in [0, 0.1) is 5.82 Å². The summed E-state index contributed by atoms with van der Waals surface area (Å²) in [6, 6.07) is 9.96. The first-order chi connectivity index (χ1) is 11.8. The minimum Gasteiger partial charge on any atom is -0.496 e. The highest BCUT2D eigenvalue weighted by molar-refractivity contribution is 7.89. The standard InChI is InChI=1S/C17H19FN2O4S/c1-19-17(21)14-10-13(8-9-16(14)24-3)25(22,23)20(2)11-12-6-4-5-7-15(12)18/h4-10H,11H2,1-3H3,(H,19,21). The lowest BCUT2D eigenvalue weighted by atomic mass is 10.2. The topological polar surface area (TPSA) is 75.7 Å². The van der Waals surface area contributed by atoms with E-state index in [9.17, 15) is 17.6 Å². The Bertz CT molecular complexity index is 884. The average molecular weight is 366 g/mol. The fourth-order valence-electron chi connectivity index (χ4n) is 2.29. The van der Waals surface area contributed by atoms with Crippen LogP contribution >= 0.6 is 0 Å². The summed E-state index contributed by atoms with van der Waals surface area (Å²) < 4.78 is 45.4. The molecule has 0 bridgehead atoms. The molecule has 0 fully saturated rings. The summed E-state index contributed by atoms with van der Waals surface area (Å²) in [5.74, 6) is -0.689. The van der Waals surface area contributed by atoms with E-state index in [0.717, 1.165) is 4.31 Å². The third-order valence-corrected chi connectivity index (χ3v) is 5.50. The highest BCUT2D eigenvalue weighted by atomic mass is 32.2. The number of methoxy groups -OCH3 is 1. The van der Waals surface area contributed by atoms with Gasteiger partial charge in [-0.3, -0.25) is 4.79 Å². The molecule has 0 unspecified atom stereocenters. The van der Waals surface area contributed by atoms with E-state index in [4.69, 9.17) is 4.74 Å². The Morgan fingerprint density at radius 1 is 1.24 bits per heavy atom. The number of rotatable bonds is 6. The van der Waals surface area contributed by atoms with Crippen LogP contribution in [0.1, 0.15) is 15.9 Å². The quantitative estimate of drug-likeness (QED) is 0.849. The molecule has 0 aromatic heterocycles. The molecule has 0 heterocycles. The van der Waals surface area contributed by atoms with Gasteiger partial charge in [0.05, 0.1) is 17.6 Å². The molecule has 2 rings (SSSR count). The molecule has 1 amide bonds. The number of sulfonamides is 1. The van der Waals surface area contributed by atoms with Gasteiger partial charge in [0.25, 0.3) is 5.91 Å². The smallest absolute Gasteiger partial charge is 0.254 e. The molecule has 2 aromatic rings. The Morgan fingerprint density at radius 2 is 1.92 bits per heavy atom. The van der Waals surface area contributed by atoms with Gasteiger partial charge in [-0.05, 0) is 24.3 Å². The van der Waals surface area contributed by atoms with E-state index in [-0.39, 0.29) is 28.3 Å². The maximum Gasteiger partial charge on any atom is 0.254 e. The molecule has 0 aliphatic rings. The van der Waals surface area contributed by atoms with Gasteiger partial charge in [0.1, 0.15) is 11.6 Å². The van der Waals surface area contributed by atoms with Gasteiger partial charge in [-0.15, -0.1) is 0 Å². The molecule has 0 radical (unpaired) electrons. The number of hydrogen-bond acceptors (Lipinski definition) is 4. The molecule has 25 heavy (non-hydrogen) atoms. The van der Waals surface area contributed by atoms with Crippen molar-refractivity contribution in [1.29, 1.82) is 0 Å². The van der Waals surface area contributed by atoms with Crippen LogP contribution in [-0.2, 0) is 16.6 Å². The zero-order valence-electron chi connectivity index (χ0n) is 14.1. The second-order valence-electron chi connectivity index (χ2n) is 5.29. The minimum atomic E-state index is -3.91. The van der Waals surface area contributed by atoms with Crippen molar-refractivity contribution in [1.82, 2.24) is 9.62 Å². The Labute approximate surface area is 146 Å². The van der Waals surface area contributed by atoms with Crippen LogP contribution in [0.25, 0.3) is 0 Å². The predicted molar refractivity (Wildman–Crippen MR) is 91.4 cm³/mol. The minimum absolute atomic E-state index is 0.0780. The summed E-state index contributed by atoms with van der Waals surface area (Å²) >= 11 is 0. The molecule has 0 aliphatic carbocycles. The number of carbonyl (C=O) groups is 1. The van der Waals surface area contributed by atoms with Gasteiger partial charge >= 0.3 is 0 Å². The lowest BCUT2D eigenvalue weighted by molar-refractivity contribution is 0.0960. The lowest BCUT2D eigenvalue weighted by Crippen LogP contribution is -2.27. The van der Waals surface area contributed by atoms with Crippen molar-refractivity contribution in [3.63, 3.8) is 0 Å². The van der Waals surface area contributed by atoms with Crippen molar-refractivity contribution < 1.29 is 22.3 Å². The molecule has 0 saturated carbocycles. The number of halogens is 1. The summed E-state index contributed by atoms with van der Waals surface area (Å²) in [4.78, 5) is 11.9. The van der Waals surface area contributed by atoms with Crippen LogP contribution in [0.3, 0.4) is 0 Å². The molecular weight excluding hydrogens is 347 g/mol. The summed E-state index contributed by atoms with van der Waals surface area (Å²) in [6.45, 7) is -0.129. The number of amides is 1. The Balaban J connectivity index is 2.38. The van der Waals surface area contributed by atoms with Crippen molar-refractivity contribution in [3.8, 4) is 5.75 Å². The van der Waals surface area contributed by atoms with Crippen molar-refractivity contribution in [3.05, 3.63) is 59.4 Å². The van der Waals surface area contributed by atoms with Crippen LogP contribution in [0.4, 0.5) is 4.39 Å². The normalized spacial score (nSPS) is 11.4. The van der Waals surface area contributed by atoms with Crippen molar-refractivity contribution in [2.24, 2.45) is 0 Å². The summed E-state index contributed by atoms with van der Waals surface area (Å²) in [5.41, 5.74) is 0.360. The van der Waals surface area contributed by atoms with Crippen LogP contribution in [-0.4, -0.2) is 39.8 Å². The number of ether oxygens (including phenoxy) is 1. The van der Waals surface area contributed by atoms with Gasteiger partial charge in [-0.25, -0.2) is 12.8 Å². The first-order valence-corrected chi connectivity index (χ1v) is 8.85. The summed E-state index contributed by atoms with van der Waals surface area (Å²) in [5, 5.41) is 2.43. The zero-order valence-corrected chi connectivity index (χ0v) is 14.9. The second kappa shape index (κ2) is 7.62. The summed E-state index contributed by atoms with van der Waals surface area (Å²) in [6.07, 6.45) is 0. The monoisotopic (exact) mass is 366 g/mol. The first kappa shape index (κ1) is 18.9. The largest absolute Gasteiger partial charge is 0.496 e. The molecular formula is C17H19FN2O4S. The van der Waals surface area contributed by atoms with Crippen LogP contribution in [0.15, 0.2) is 47.4 Å². The summed E-state index contributed by atoms with van der Waals surface area (Å²) in [7, 11) is 0.268. The fourth-order valence-corrected chi connectivity index (χ4v) is 3.47. The molecule has 6 nitrogen and oxygen atoms in total. The lowest BCUT2D eigenvalue weighted by Gasteiger charge is -2.18. The van der Waals surface area contributed by atoms with Gasteiger partial charge in [0.2, 0.25) is 10.0 Å². The first-order valence-electron chi connectivity index (χ1n) is 7.41. The van der Waals surface area contributed by atoms with E-state index in [2.05, 4.69) is 5.32 Å². The predicted octanol–water partition coefficient (Wildman–Crippen LogP) is 2.01. The number of hydrogen-bond donors (Lipinski definition) is 1. The van der Waals surface area contributed by atoms with Gasteiger partial charge in [-0.1, -0.05) is 18.2 Å². The van der Waals surface area contributed by atoms with Crippen LogP contribution in [0.5, 0.6) is 5.75 Å². The third-order valence-electron chi connectivity index (χ3n) is 3.70. The Kier molecular flexibility index (Phi) is 5.76. The molecule has 1 N–H and O–H groups in total. The molecule has 8 heteroatoms. The number of nitrogens with one attached hydrogen (secondary N) is 1. The Hall–Kier alpha value is -2.45. The number of nitrogens with zero attached hydrogens (tertiary/aromatic N) is 1. The van der Waals surface area contributed by atoms with Gasteiger partial charge in [-0.2, -0.15) is 4.31 Å². The molecule has 0 atom stereocenters. The average Bonchev–Trinajstić information content (AvgIpc) is 2.62. The van der Waals surface area contributed by atoms with Gasteiger partial charge in [0, 0.05) is 26.2 Å². The highest BCUT2D eigenvalue weighted by Gasteiger charge is 2.24. The van der Waals surface area contributed by atoms with Crippen LogP contribution in [0.2, 0.25) is 0 Å². The van der Waals surface area contributed by atoms with E-state index >= 15 is 0 Å². The van der Waals surface area contributed by atoms with E-state index in [1.165, 1.54) is 57.6 Å². The molecule has 2 aromatic carbocycles. The van der Waals surface area contributed by atoms with E-state index < -0.39 is 21.7 Å². The van der Waals surface area contributed by atoms with Gasteiger partial charge in [0.15, 0.2) is 0 Å². The van der Waals surface area contributed by atoms with Crippen LogP contribution < -0.4 is 10.1 Å². The number of carbonyl (C=O) groups excluding carboxylic acids is 1. The fraction of sp³-hybridized carbons (Fsp3) is 0.235. The van der Waals surface area contributed by atoms with Crippen molar-refractivity contribution >= 4 is 15.9 Å². The zero-order chi connectivity index (χ0) is 18.6. The maximum atomic E-state index is 13.8. The Morgan fingerprint density at radius 3 is 2.52 bits per heavy atom.